The van der Waals surface area contributed by atoms with Gasteiger partial charge >= 0.3 is 0 Å². The Morgan fingerprint density at radius 2 is 1.32 bits per heavy atom. The van der Waals surface area contributed by atoms with Crippen molar-refractivity contribution in [1.82, 2.24) is 10.2 Å². The molecule has 0 unspecified atom stereocenters. The number of carbonyl (C=O) groups is 1. The summed E-state index contributed by atoms with van der Waals surface area (Å²) >= 11 is 0. The Hall–Kier alpha value is -0.830. The molecule has 1 N–H and O–H groups in total. The summed E-state index contributed by atoms with van der Waals surface area (Å²) in [6.07, 6.45) is 22.3. The van der Waals surface area contributed by atoms with Gasteiger partial charge in [-0.3, -0.25) is 4.79 Å². The van der Waals surface area contributed by atoms with E-state index in [-0.39, 0.29) is 5.91 Å². The number of unbranched alkanes of at least 4 members (excludes halogenated alkanes) is 11. The second-order valence-electron chi connectivity index (χ2n) is 7.49. The number of allylic oxidation sites excluding steroid dienone is 2. The Bertz CT molecular complexity index is 313. The Labute approximate surface area is 157 Å². The molecule has 25 heavy (non-hydrogen) atoms. The van der Waals surface area contributed by atoms with Crippen molar-refractivity contribution in [2.45, 2.75) is 96.8 Å². The minimum Gasteiger partial charge on any atom is -0.355 e. The molecule has 0 aromatic rings. The highest BCUT2D eigenvalue weighted by molar-refractivity contribution is 5.75. The molecule has 0 saturated heterocycles. The molecule has 0 rings (SSSR count). The van der Waals surface area contributed by atoms with Crippen LogP contribution in [0.1, 0.15) is 96.8 Å². The summed E-state index contributed by atoms with van der Waals surface area (Å²) in [5, 5.41) is 2.97. The lowest BCUT2D eigenvalue weighted by Gasteiger charge is -2.10. The van der Waals surface area contributed by atoms with Gasteiger partial charge in [-0.15, -0.1) is 0 Å². The zero-order chi connectivity index (χ0) is 18.6. The molecule has 0 saturated carbocycles. The van der Waals surface area contributed by atoms with E-state index in [9.17, 15) is 4.79 Å². The summed E-state index contributed by atoms with van der Waals surface area (Å²) in [6, 6.07) is 0. The van der Waals surface area contributed by atoms with Gasteiger partial charge in [0.2, 0.25) is 5.91 Å². The van der Waals surface area contributed by atoms with Crippen molar-refractivity contribution in [3.05, 3.63) is 12.2 Å². The molecule has 3 heteroatoms. The van der Waals surface area contributed by atoms with Crippen LogP contribution in [0.2, 0.25) is 0 Å². The van der Waals surface area contributed by atoms with Crippen LogP contribution in [0.15, 0.2) is 12.2 Å². The average molecular weight is 353 g/mol. The lowest BCUT2D eigenvalue weighted by Crippen LogP contribution is -2.31. The molecule has 0 aromatic heterocycles. The minimum absolute atomic E-state index is 0.208. The van der Waals surface area contributed by atoms with Gasteiger partial charge in [-0.1, -0.05) is 70.4 Å². The van der Waals surface area contributed by atoms with Crippen LogP contribution in [0.25, 0.3) is 0 Å². The average Bonchev–Trinajstić information content (AvgIpc) is 2.58. The van der Waals surface area contributed by atoms with Crippen molar-refractivity contribution in [2.24, 2.45) is 0 Å². The van der Waals surface area contributed by atoms with Crippen LogP contribution in [0.3, 0.4) is 0 Å². The second kappa shape index (κ2) is 19.5. The Morgan fingerprint density at radius 3 is 1.88 bits per heavy atom. The molecule has 0 aliphatic carbocycles. The summed E-state index contributed by atoms with van der Waals surface area (Å²) in [4.78, 5) is 13.7. The van der Waals surface area contributed by atoms with Crippen LogP contribution >= 0.6 is 0 Å². The maximum atomic E-state index is 11.6. The third-order valence-electron chi connectivity index (χ3n) is 4.55. The van der Waals surface area contributed by atoms with E-state index in [1.54, 1.807) is 0 Å². The van der Waals surface area contributed by atoms with E-state index in [0.29, 0.717) is 6.42 Å². The fourth-order valence-electron chi connectivity index (χ4n) is 2.86. The van der Waals surface area contributed by atoms with Crippen LogP contribution in [-0.4, -0.2) is 38.0 Å². The van der Waals surface area contributed by atoms with Crippen molar-refractivity contribution in [3.8, 4) is 0 Å². The van der Waals surface area contributed by atoms with Crippen LogP contribution in [0.5, 0.6) is 0 Å². The lowest BCUT2D eigenvalue weighted by molar-refractivity contribution is -0.121. The van der Waals surface area contributed by atoms with E-state index in [2.05, 4.69) is 29.3 Å². The van der Waals surface area contributed by atoms with Crippen molar-refractivity contribution in [3.63, 3.8) is 0 Å². The third kappa shape index (κ3) is 21.1. The molecular formula is C22H44N2O. The first-order chi connectivity index (χ1) is 12.2. The van der Waals surface area contributed by atoms with Gasteiger partial charge < -0.3 is 10.2 Å². The van der Waals surface area contributed by atoms with Crippen molar-refractivity contribution < 1.29 is 4.79 Å². The number of hydrogen-bond donors (Lipinski definition) is 1. The molecule has 0 aliphatic rings. The van der Waals surface area contributed by atoms with E-state index in [1.807, 2.05) is 14.1 Å². The normalized spacial score (nSPS) is 11.5. The number of amides is 1. The van der Waals surface area contributed by atoms with Crippen molar-refractivity contribution >= 4 is 5.91 Å². The summed E-state index contributed by atoms with van der Waals surface area (Å²) in [5.74, 6) is 0.208. The maximum absolute atomic E-state index is 11.6. The van der Waals surface area contributed by atoms with Crippen molar-refractivity contribution in [1.29, 1.82) is 0 Å². The fraction of sp³-hybridized carbons (Fsp3) is 0.864. The Kier molecular flexibility index (Phi) is 18.8. The second-order valence-corrected chi connectivity index (χ2v) is 7.49. The van der Waals surface area contributed by atoms with E-state index in [0.717, 1.165) is 19.5 Å². The first kappa shape index (κ1) is 24.2. The zero-order valence-corrected chi connectivity index (χ0v) is 17.3. The molecule has 3 nitrogen and oxygen atoms in total. The number of likely N-dealkylation sites (N-methyl/N-ethyl adjacent to an activating group) is 1. The molecule has 0 radical (unpaired) electrons. The standard InChI is InChI=1S/C22H44N2O/c1-4-5-6-7-8-9-10-11-12-13-14-15-16-17-18-19-22(25)23-20-21-24(2)3/h11-12H,4-10,13-21H2,1-3H3,(H,23,25). The van der Waals surface area contributed by atoms with Gasteiger partial charge in [-0.25, -0.2) is 0 Å². The summed E-state index contributed by atoms with van der Waals surface area (Å²) < 4.78 is 0. The third-order valence-corrected chi connectivity index (χ3v) is 4.55. The van der Waals surface area contributed by atoms with Crippen LogP contribution in [0, 0.1) is 0 Å². The lowest BCUT2D eigenvalue weighted by atomic mass is 10.1. The zero-order valence-electron chi connectivity index (χ0n) is 17.3. The largest absolute Gasteiger partial charge is 0.355 e. The fourth-order valence-corrected chi connectivity index (χ4v) is 2.86. The van der Waals surface area contributed by atoms with Gasteiger partial charge in [0.05, 0.1) is 0 Å². The first-order valence-corrected chi connectivity index (χ1v) is 10.7. The molecular weight excluding hydrogens is 308 g/mol. The SMILES string of the molecule is CCCCCCCCC=CCCCCCCCC(=O)NCCN(C)C. The molecule has 0 aromatic carbocycles. The van der Waals surface area contributed by atoms with E-state index < -0.39 is 0 Å². The van der Waals surface area contributed by atoms with Gasteiger partial charge in [0.25, 0.3) is 0 Å². The Morgan fingerprint density at radius 1 is 0.800 bits per heavy atom. The molecule has 0 aliphatic heterocycles. The topological polar surface area (TPSA) is 32.3 Å². The quantitative estimate of drug-likeness (QED) is 0.253. The van der Waals surface area contributed by atoms with Gasteiger partial charge in [-0.2, -0.15) is 0 Å². The first-order valence-electron chi connectivity index (χ1n) is 10.7. The number of hydrogen-bond acceptors (Lipinski definition) is 2. The van der Waals surface area contributed by atoms with Gasteiger partial charge in [0.15, 0.2) is 0 Å². The monoisotopic (exact) mass is 352 g/mol. The van der Waals surface area contributed by atoms with E-state index in [4.69, 9.17) is 0 Å². The molecule has 0 fully saturated rings. The molecule has 0 atom stereocenters. The summed E-state index contributed by atoms with van der Waals surface area (Å²) in [5.41, 5.74) is 0. The molecule has 0 bridgehead atoms. The molecule has 0 heterocycles. The van der Waals surface area contributed by atoms with Crippen molar-refractivity contribution in [2.75, 3.05) is 27.2 Å². The van der Waals surface area contributed by atoms with Crippen LogP contribution in [0.4, 0.5) is 0 Å². The number of nitrogens with zero attached hydrogens (tertiary/aromatic N) is 1. The van der Waals surface area contributed by atoms with Gasteiger partial charge in [0.1, 0.15) is 0 Å². The van der Waals surface area contributed by atoms with Crippen LogP contribution in [-0.2, 0) is 4.79 Å². The highest BCUT2D eigenvalue weighted by atomic mass is 16.1. The number of rotatable bonds is 18. The smallest absolute Gasteiger partial charge is 0.220 e. The predicted molar refractivity (Wildman–Crippen MR) is 111 cm³/mol. The highest BCUT2D eigenvalue weighted by Gasteiger charge is 2.00. The molecule has 1 amide bonds. The van der Waals surface area contributed by atoms with Gasteiger partial charge in [0, 0.05) is 19.5 Å². The summed E-state index contributed by atoms with van der Waals surface area (Å²) in [7, 11) is 4.05. The van der Waals surface area contributed by atoms with E-state index in [1.165, 1.54) is 77.0 Å². The summed E-state index contributed by atoms with van der Waals surface area (Å²) in [6.45, 7) is 3.95. The number of nitrogens with one attached hydrogen (secondary N) is 1. The van der Waals surface area contributed by atoms with E-state index >= 15 is 0 Å². The molecule has 148 valence electrons. The highest BCUT2D eigenvalue weighted by Crippen LogP contribution is 2.09. The Balaban J connectivity index is 3.20. The number of carbonyl (C=O) groups excluding carboxylic acids is 1. The molecule has 0 spiro atoms. The van der Waals surface area contributed by atoms with Gasteiger partial charge in [-0.05, 0) is 46.2 Å². The minimum atomic E-state index is 0.208. The van der Waals surface area contributed by atoms with Crippen LogP contribution < -0.4 is 5.32 Å². The maximum Gasteiger partial charge on any atom is 0.220 e. The predicted octanol–water partition coefficient (Wildman–Crippen LogP) is 5.70.